The van der Waals surface area contributed by atoms with Crippen molar-refractivity contribution in [1.29, 1.82) is 0 Å². The van der Waals surface area contributed by atoms with E-state index in [4.69, 9.17) is 9.05 Å². The van der Waals surface area contributed by atoms with E-state index in [1.165, 1.54) is 14.2 Å². The largest absolute Gasteiger partial charge is 0.373 e. The van der Waals surface area contributed by atoms with Crippen molar-refractivity contribution in [2.45, 2.75) is 24.6 Å². The van der Waals surface area contributed by atoms with E-state index < -0.39 is 12.9 Å². The summed E-state index contributed by atoms with van der Waals surface area (Å²) in [7, 11) is -0.935. The SMILES string of the molecule is COP(=O)(OC)C1(O)CCCc2ccccc21. The van der Waals surface area contributed by atoms with Crippen LogP contribution in [0, 0.1) is 0 Å². The molecule has 17 heavy (non-hydrogen) atoms. The molecule has 1 N–H and O–H groups in total. The molecular weight excluding hydrogens is 239 g/mol. The summed E-state index contributed by atoms with van der Waals surface area (Å²) in [6.45, 7) is 0. The first-order valence-electron chi connectivity index (χ1n) is 5.60. The van der Waals surface area contributed by atoms with E-state index in [0.29, 0.717) is 12.0 Å². The highest BCUT2D eigenvalue weighted by Gasteiger charge is 2.52. The predicted molar refractivity (Wildman–Crippen MR) is 64.9 cm³/mol. The minimum absolute atomic E-state index is 0.392. The second kappa shape index (κ2) is 4.54. The molecule has 0 spiro atoms. The number of aliphatic hydroxyl groups is 1. The van der Waals surface area contributed by atoms with Crippen LogP contribution in [0.1, 0.15) is 24.0 Å². The lowest BCUT2D eigenvalue weighted by Gasteiger charge is -2.37. The topological polar surface area (TPSA) is 55.8 Å². The third kappa shape index (κ3) is 1.85. The molecule has 0 fully saturated rings. The lowest BCUT2D eigenvalue weighted by Crippen LogP contribution is -2.31. The lowest BCUT2D eigenvalue weighted by atomic mass is 9.89. The molecule has 0 aromatic heterocycles. The molecule has 0 bridgehead atoms. The molecule has 2 rings (SSSR count). The molecule has 1 aliphatic rings. The Morgan fingerprint density at radius 3 is 2.59 bits per heavy atom. The van der Waals surface area contributed by atoms with E-state index in [1.54, 1.807) is 6.07 Å². The minimum atomic E-state index is -3.55. The van der Waals surface area contributed by atoms with Crippen molar-refractivity contribution in [3.63, 3.8) is 0 Å². The Balaban J connectivity index is 2.57. The van der Waals surface area contributed by atoms with Crippen molar-refractivity contribution < 1.29 is 18.7 Å². The molecule has 5 heteroatoms. The maximum atomic E-state index is 12.5. The average Bonchev–Trinajstić information content (AvgIpc) is 2.38. The Labute approximate surface area is 101 Å². The highest BCUT2D eigenvalue weighted by molar-refractivity contribution is 7.54. The van der Waals surface area contributed by atoms with Crippen molar-refractivity contribution in [3.8, 4) is 0 Å². The van der Waals surface area contributed by atoms with Gasteiger partial charge in [0.15, 0.2) is 5.34 Å². The van der Waals surface area contributed by atoms with E-state index in [1.807, 2.05) is 18.2 Å². The van der Waals surface area contributed by atoms with Gasteiger partial charge in [-0.1, -0.05) is 24.3 Å². The quantitative estimate of drug-likeness (QED) is 0.845. The zero-order chi connectivity index (χ0) is 12.5. The Morgan fingerprint density at radius 2 is 1.94 bits per heavy atom. The van der Waals surface area contributed by atoms with Crippen LogP contribution in [0.4, 0.5) is 0 Å². The van der Waals surface area contributed by atoms with Gasteiger partial charge in [-0.15, -0.1) is 0 Å². The van der Waals surface area contributed by atoms with E-state index in [2.05, 4.69) is 0 Å². The van der Waals surface area contributed by atoms with Gasteiger partial charge in [-0.3, -0.25) is 4.57 Å². The molecule has 0 heterocycles. The minimum Gasteiger partial charge on any atom is -0.373 e. The number of aryl methyl sites for hydroxylation is 1. The van der Waals surface area contributed by atoms with E-state index in [-0.39, 0.29) is 0 Å². The maximum Gasteiger partial charge on any atom is 0.365 e. The maximum absolute atomic E-state index is 12.5. The van der Waals surface area contributed by atoms with Crippen molar-refractivity contribution in [3.05, 3.63) is 35.4 Å². The number of benzene rings is 1. The zero-order valence-electron chi connectivity index (χ0n) is 10.0. The third-order valence-electron chi connectivity index (χ3n) is 3.35. The molecule has 1 unspecified atom stereocenters. The molecule has 1 atom stereocenters. The van der Waals surface area contributed by atoms with Gasteiger partial charge in [0, 0.05) is 14.2 Å². The van der Waals surface area contributed by atoms with Gasteiger partial charge in [-0.05, 0) is 30.4 Å². The van der Waals surface area contributed by atoms with Crippen molar-refractivity contribution in [1.82, 2.24) is 0 Å². The van der Waals surface area contributed by atoms with Gasteiger partial charge in [-0.2, -0.15) is 0 Å². The molecule has 0 amide bonds. The smallest absolute Gasteiger partial charge is 0.365 e. The van der Waals surface area contributed by atoms with Crippen LogP contribution in [0.5, 0.6) is 0 Å². The fourth-order valence-electron chi connectivity index (χ4n) is 2.45. The molecule has 1 aromatic carbocycles. The van der Waals surface area contributed by atoms with Gasteiger partial charge < -0.3 is 14.2 Å². The highest BCUT2D eigenvalue weighted by Crippen LogP contribution is 2.66. The van der Waals surface area contributed by atoms with Crippen molar-refractivity contribution in [2.75, 3.05) is 14.2 Å². The summed E-state index contributed by atoms with van der Waals surface area (Å²) in [6.07, 6.45) is 2.04. The summed E-state index contributed by atoms with van der Waals surface area (Å²) in [5.41, 5.74) is 1.67. The Morgan fingerprint density at radius 1 is 1.29 bits per heavy atom. The van der Waals surface area contributed by atoms with Gasteiger partial charge in [-0.25, -0.2) is 0 Å². The zero-order valence-corrected chi connectivity index (χ0v) is 10.9. The van der Waals surface area contributed by atoms with Crippen molar-refractivity contribution >= 4 is 7.60 Å². The van der Waals surface area contributed by atoms with Crippen molar-refractivity contribution in [2.24, 2.45) is 0 Å². The fraction of sp³-hybridized carbons (Fsp3) is 0.500. The summed E-state index contributed by atoms with van der Waals surface area (Å²) in [5.74, 6) is 0. The highest BCUT2D eigenvalue weighted by atomic mass is 31.2. The second-order valence-corrected chi connectivity index (χ2v) is 6.65. The van der Waals surface area contributed by atoms with E-state index >= 15 is 0 Å². The summed E-state index contributed by atoms with van der Waals surface area (Å²) in [5, 5.41) is 9.21. The summed E-state index contributed by atoms with van der Waals surface area (Å²) in [4.78, 5) is 0. The lowest BCUT2D eigenvalue weighted by molar-refractivity contribution is 0.0609. The Hall–Kier alpha value is -0.670. The van der Waals surface area contributed by atoms with Crippen LogP contribution in [-0.4, -0.2) is 19.3 Å². The van der Waals surface area contributed by atoms with Gasteiger partial charge in [0.2, 0.25) is 0 Å². The average molecular weight is 256 g/mol. The molecule has 0 saturated carbocycles. The van der Waals surface area contributed by atoms with Crippen LogP contribution in [0.2, 0.25) is 0 Å². The standard InChI is InChI=1S/C12H17O4P/c1-15-17(14,16-2)12(13)9-5-7-10-6-3-4-8-11(10)12/h3-4,6,8,13H,5,7,9H2,1-2H3. The summed E-state index contributed by atoms with van der Waals surface area (Å²) < 4.78 is 22.4. The molecule has 0 saturated heterocycles. The third-order valence-corrected chi connectivity index (χ3v) is 5.69. The number of hydrogen-bond acceptors (Lipinski definition) is 4. The summed E-state index contributed by atoms with van der Waals surface area (Å²) in [6, 6.07) is 7.47. The van der Waals surface area contributed by atoms with Gasteiger partial charge >= 0.3 is 7.60 Å². The first-order chi connectivity index (χ1) is 8.07. The molecule has 1 aliphatic carbocycles. The summed E-state index contributed by atoms with van der Waals surface area (Å²) >= 11 is 0. The molecule has 1 aromatic rings. The molecule has 0 aliphatic heterocycles. The van der Waals surface area contributed by atoms with Crippen LogP contribution >= 0.6 is 7.60 Å². The first kappa shape index (κ1) is 12.8. The molecule has 0 radical (unpaired) electrons. The number of rotatable bonds is 3. The number of fused-ring (bicyclic) bond motifs is 1. The van der Waals surface area contributed by atoms with Crippen LogP contribution in [0.15, 0.2) is 24.3 Å². The van der Waals surface area contributed by atoms with Crippen LogP contribution in [-0.2, 0) is 25.4 Å². The first-order valence-corrected chi connectivity index (χ1v) is 7.14. The van der Waals surface area contributed by atoms with E-state index in [0.717, 1.165) is 18.4 Å². The van der Waals surface area contributed by atoms with Crippen LogP contribution in [0.3, 0.4) is 0 Å². The monoisotopic (exact) mass is 256 g/mol. The van der Waals surface area contributed by atoms with Crippen LogP contribution in [0.25, 0.3) is 0 Å². The number of hydrogen-bond donors (Lipinski definition) is 1. The molecular formula is C12H17O4P. The predicted octanol–water partition coefficient (Wildman–Crippen LogP) is 2.65. The molecule has 4 nitrogen and oxygen atoms in total. The van der Waals surface area contributed by atoms with E-state index in [9.17, 15) is 9.67 Å². The fourth-order valence-corrected chi connectivity index (χ4v) is 4.15. The van der Waals surface area contributed by atoms with Gasteiger partial charge in [0.1, 0.15) is 0 Å². The Bertz CT molecular complexity index is 452. The second-order valence-electron chi connectivity index (χ2n) is 4.19. The van der Waals surface area contributed by atoms with Crippen LogP contribution < -0.4 is 0 Å². The Kier molecular flexibility index (Phi) is 3.41. The molecule has 94 valence electrons. The van der Waals surface area contributed by atoms with Gasteiger partial charge in [0.05, 0.1) is 0 Å². The van der Waals surface area contributed by atoms with Gasteiger partial charge in [0.25, 0.3) is 0 Å². The normalized spacial score (nSPS) is 24.4.